The van der Waals surface area contributed by atoms with Crippen LogP contribution in [0.2, 0.25) is 0 Å². The number of nitrogens with zero attached hydrogens (tertiary/aromatic N) is 1. The number of carboxylic acid groups (broad SMARTS) is 1. The summed E-state index contributed by atoms with van der Waals surface area (Å²) in [5, 5.41) is 9.41. The molecule has 0 aromatic carbocycles. The molecule has 0 aliphatic carbocycles. The summed E-state index contributed by atoms with van der Waals surface area (Å²) in [6, 6.07) is 0. The Bertz CT molecular complexity index is 179. The van der Waals surface area contributed by atoms with Gasteiger partial charge in [0.1, 0.15) is 6.54 Å². The standard InChI is InChI=1S/C6H10N2O3/c1-3-5(9)7-8(2)4-6(10)11/h3H,1,4H2,2H3,(H,7,9)(H,10,11). The highest BCUT2D eigenvalue weighted by Gasteiger charge is 2.04. The first-order valence-corrected chi connectivity index (χ1v) is 2.92. The number of aliphatic carboxylic acids is 1. The van der Waals surface area contributed by atoms with Crippen molar-refractivity contribution >= 4 is 11.9 Å². The molecule has 0 aliphatic rings. The van der Waals surface area contributed by atoms with E-state index in [0.29, 0.717) is 0 Å². The van der Waals surface area contributed by atoms with Crippen molar-refractivity contribution < 1.29 is 14.7 Å². The van der Waals surface area contributed by atoms with Gasteiger partial charge in [-0.3, -0.25) is 15.0 Å². The van der Waals surface area contributed by atoms with Gasteiger partial charge in [0, 0.05) is 7.05 Å². The highest BCUT2D eigenvalue weighted by Crippen LogP contribution is 1.75. The second-order valence-corrected chi connectivity index (χ2v) is 1.93. The second-order valence-electron chi connectivity index (χ2n) is 1.93. The molecule has 5 nitrogen and oxygen atoms in total. The van der Waals surface area contributed by atoms with Gasteiger partial charge in [-0.05, 0) is 6.08 Å². The topological polar surface area (TPSA) is 69.6 Å². The van der Waals surface area contributed by atoms with Gasteiger partial charge in [-0.25, -0.2) is 5.01 Å². The van der Waals surface area contributed by atoms with Gasteiger partial charge in [-0.1, -0.05) is 6.58 Å². The first kappa shape index (κ1) is 9.64. The van der Waals surface area contributed by atoms with Crippen LogP contribution in [0.25, 0.3) is 0 Å². The third-order valence-corrected chi connectivity index (χ3v) is 0.859. The lowest BCUT2D eigenvalue weighted by molar-refractivity contribution is -0.139. The number of rotatable bonds is 4. The summed E-state index contributed by atoms with van der Waals surface area (Å²) >= 11 is 0. The van der Waals surface area contributed by atoms with E-state index in [1.54, 1.807) is 0 Å². The van der Waals surface area contributed by atoms with Crippen LogP contribution >= 0.6 is 0 Å². The van der Waals surface area contributed by atoms with Gasteiger partial charge >= 0.3 is 5.97 Å². The van der Waals surface area contributed by atoms with E-state index in [1.807, 2.05) is 0 Å². The lowest BCUT2D eigenvalue weighted by atomic mass is 10.6. The number of nitrogens with one attached hydrogen (secondary N) is 1. The molecule has 0 radical (unpaired) electrons. The molecule has 0 saturated heterocycles. The molecule has 2 N–H and O–H groups in total. The Morgan fingerprint density at radius 2 is 2.27 bits per heavy atom. The van der Waals surface area contributed by atoms with Crippen LogP contribution in [0.5, 0.6) is 0 Å². The van der Waals surface area contributed by atoms with Crippen LogP contribution in [0.15, 0.2) is 12.7 Å². The van der Waals surface area contributed by atoms with Crippen molar-refractivity contribution in [2.24, 2.45) is 0 Å². The Morgan fingerprint density at radius 1 is 1.73 bits per heavy atom. The van der Waals surface area contributed by atoms with E-state index in [0.717, 1.165) is 11.1 Å². The van der Waals surface area contributed by atoms with Crippen molar-refractivity contribution in [3.05, 3.63) is 12.7 Å². The Balaban J connectivity index is 3.68. The number of carbonyl (C=O) groups is 2. The number of hydrazine groups is 1. The molecule has 0 aliphatic heterocycles. The van der Waals surface area contributed by atoms with Crippen LogP contribution in [0, 0.1) is 0 Å². The molecule has 0 heterocycles. The molecule has 1 amide bonds. The van der Waals surface area contributed by atoms with Crippen LogP contribution in [0.3, 0.4) is 0 Å². The monoisotopic (exact) mass is 158 g/mol. The molecular weight excluding hydrogens is 148 g/mol. The Labute approximate surface area is 64.3 Å². The minimum absolute atomic E-state index is 0.237. The number of hydrogen-bond acceptors (Lipinski definition) is 3. The van der Waals surface area contributed by atoms with E-state index >= 15 is 0 Å². The van der Waals surface area contributed by atoms with Crippen molar-refractivity contribution in [1.82, 2.24) is 10.4 Å². The van der Waals surface area contributed by atoms with Crippen molar-refractivity contribution in [2.45, 2.75) is 0 Å². The summed E-state index contributed by atoms with van der Waals surface area (Å²) in [7, 11) is 1.45. The molecule has 0 bridgehead atoms. The van der Waals surface area contributed by atoms with Crippen LogP contribution in [-0.4, -0.2) is 35.6 Å². The van der Waals surface area contributed by atoms with E-state index in [4.69, 9.17) is 5.11 Å². The average Bonchev–Trinajstić information content (AvgIpc) is 1.85. The van der Waals surface area contributed by atoms with Gasteiger partial charge in [0.15, 0.2) is 0 Å². The van der Waals surface area contributed by atoms with Crippen molar-refractivity contribution in [1.29, 1.82) is 0 Å². The van der Waals surface area contributed by atoms with Gasteiger partial charge in [0.2, 0.25) is 0 Å². The van der Waals surface area contributed by atoms with E-state index < -0.39 is 11.9 Å². The number of carbonyl (C=O) groups excluding carboxylic acids is 1. The van der Waals surface area contributed by atoms with Crippen LogP contribution in [-0.2, 0) is 9.59 Å². The molecule has 0 spiro atoms. The minimum Gasteiger partial charge on any atom is -0.480 e. The van der Waals surface area contributed by atoms with E-state index in [1.165, 1.54) is 7.05 Å². The summed E-state index contributed by atoms with van der Waals surface area (Å²) in [4.78, 5) is 20.6. The quantitative estimate of drug-likeness (QED) is 0.416. The minimum atomic E-state index is -1.00. The molecular formula is C6H10N2O3. The Morgan fingerprint density at radius 3 is 2.64 bits per heavy atom. The van der Waals surface area contributed by atoms with Crippen molar-refractivity contribution in [3.63, 3.8) is 0 Å². The molecule has 62 valence electrons. The zero-order valence-electron chi connectivity index (χ0n) is 6.20. The number of likely N-dealkylation sites (N-methyl/N-ethyl adjacent to an activating group) is 1. The fraction of sp³-hybridized carbons (Fsp3) is 0.333. The average molecular weight is 158 g/mol. The van der Waals surface area contributed by atoms with Gasteiger partial charge in [-0.2, -0.15) is 0 Å². The third kappa shape index (κ3) is 5.10. The summed E-state index contributed by atoms with van der Waals surface area (Å²) in [5.41, 5.74) is 2.26. The molecule has 11 heavy (non-hydrogen) atoms. The third-order valence-electron chi connectivity index (χ3n) is 0.859. The van der Waals surface area contributed by atoms with Crippen LogP contribution < -0.4 is 5.43 Å². The summed E-state index contributed by atoms with van der Waals surface area (Å²) in [6.07, 6.45) is 1.07. The van der Waals surface area contributed by atoms with E-state index in [9.17, 15) is 9.59 Å². The van der Waals surface area contributed by atoms with Crippen molar-refractivity contribution in [2.75, 3.05) is 13.6 Å². The molecule has 0 unspecified atom stereocenters. The van der Waals surface area contributed by atoms with Gasteiger partial charge in [0.05, 0.1) is 0 Å². The molecule has 0 atom stereocenters. The molecule has 5 heteroatoms. The maximum Gasteiger partial charge on any atom is 0.319 e. The fourth-order valence-corrected chi connectivity index (χ4v) is 0.476. The lowest BCUT2D eigenvalue weighted by Gasteiger charge is -2.13. The molecule has 0 fully saturated rings. The number of amides is 1. The van der Waals surface area contributed by atoms with Crippen molar-refractivity contribution in [3.8, 4) is 0 Å². The summed E-state index contributed by atoms with van der Waals surface area (Å²) in [6.45, 7) is 2.97. The molecule has 0 aromatic rings. The highest BCUT2D eigenvalue weighted by atomic mass is 16.4. The van der Waals surface area contributed by atoms with Gasteiger partial charge < -0.3 is 5.11 Å². The first-order chi connectivity index (χ1) is 5.06. The highest BCUT2D eigenvalue weighted by molar-refractivity contribution is 5.86. The fourth-order valence-electron chi connectivity index (χ4n) is 0.476. The maximum absolute atomic E-state index is 10.5. The lowest BCUT2D eigenvalue weighted by Crippen LogP contribution is -2.41. The molecule has 0 rings (SSSR count). The molecule has 0 aromatic heterocycles. The number of carboxylic acids is 1. The SMILES string of the molecule is C=CC(=O)NN(C)CC(=O)O. The second kappa shape index (κ2) is 4.45. The normalized spacial score (nSPS) is 9.27. The zero-order valence-corrected chi connectivity index (χ0v) is 6.20. The largest absolute Gasteiger partial charge is 0.480 e. The van der Waals surface area contributed by atoms with Gasteiger partial charge in [0.25, 0.3) is 5.91 Å². The first-order valence-electron chi connectivity index (χ1n) is 2.92. The predicted molar refractivity (Wildman–Crippen MR) is 38.6 cm³/mol. The van der Waals surface area contributed by atoms with E-state index in [-0.39, 0.29) is 6.54 Å². The smallest absolute Gasteiger partial charge is 0.319 e. The summed E-state index contributed by atoms with van der Waals surface area (Å²) in [5.74, 6) is -1.43. The summed E-state index contributed by atoms with van der Waals surface area (Å²) < 4.78 is 0. The molecule has 0 saturated carbocycles. The van der Waals surface area contributed by atoms with Crippen LogP contribution in [0.4, 0.5) is 0 Å². The van der Waals surface area contributed by atoms with Gasteiger partial charge in [-0.15, -0.1) is 0 Å². The zero-order chi connectivity index (χ0) is 8.85. The Kier molecular flexibility index (Phi) is 3.90. The number of hydrogen-bond donors (Lipinski definition) is 2. The maximum atomic E-state index is 10.5. The Hall–Kier alpha value is -1.36. The van der Waals surface area contributed by atoms with Crippen LogP contribution in [0.1, 0.15) is 0 Å². The predicted octanol–water partition coefficient (Wildman–Crippen LogP) is -0.780. The van der Waals surface area contributed by atoms with E-state index in [2.05, 4.69) is 12.0 Å².